The number of carbonyl (C=O) groups is 1. The van der Waals surface area contributed by atoms with Gasteiger partial charge in [-0.05, 0) is 62.7 Å². The molecule has 3 N–H and O–H groups in total. The van der Waals surface area contributed by atoms with E-state index in [0.29, 0.717) is 23.6 Å². The molecule has 1 fully saturated rings. The number of piperazine rings is 1. The quantitative estimate of drug-likeness (QED) is 0.492. The van der Waals surface area contributed by atoms with Crippen LogP contribution in [0.3, 0.4) is 0 Å². The summed E-state index contributed by atoms with van der Waals surface area (Å²) in [6.45, 7) is 10.7. The standard InChI is InChI=1S/C26H33N5O2/c1-5-22(24-21-16-18(25(32)27-4)6-11-23(21)29-26(24)33)28-19-7-9-20(10-8-19)31-14-12-30(13-15-31)17(2)3/h6-11,16-17,29,33H,5,12-15H2,1-4H3,(H,27,32). The summed E-state index contributed by atoms with van der Waals surface area (Å²) < 4.78 is 0. The monoisotopic (exact) mass is 447 g/mol. The second-order valence-corrected chi connectivity index (χ2v) is 8.73. The highest BCUT2D eigenvalue weighted by Gasteiger charge is 2.20. The van der Waals surface area contributed by atoms with Crippen LogP contribution in [0.15, 0.2) is 47.5 Å². The van der Waals surface area contributed by atoms with Gasteiger partial charge in [0.05, 0.1) is 17.0 Å². The number of hydrogen-bond acceptors (Lipinski definition) is 5. The van der Waals surface area contributed by atoms with E-state index in [0.717, 1.165) is 48.5 Å². The molecule has 1 aliphatic rings. The van der Waals surface area contributed by atoms with Crippen LogP contribution in [-0.2, 0) is 0 Å². The number of benzene rings is 2. The van der Waals surface area contributed by atoms with Crippen molar-refractivity contribution in [3.8, 4) is 5.88 Å². The summed E-state index contributed by atoms with van der Waals surface area (Å²) in [6, 6.07) is 14.2. The Hall–Kier alpha value is -3.32. The highest BCUT2D eigenvalue weighted by molar-refractivity contribution is 6.14. The van der Waals surface area contributed by atoms with Crippen molar-refractivity contribution in [2.75, 3.05) is 38.1 Å². The third-order valence-electron chi connectivity index (χ3n) is 6.41. The van der Waals surface area contributed by atoms with Gasteiger partial charge in [-0.25, -0.2) is 0 Å². The fourth-order valence-electron chi connectivity index (χ4n) is 4.46. The second kappa shape index (κ2) is 9.67. The van der Waals surface area contributed by atoms with E-state index in [1.165, 1.54) is 5.69 Å². The number of nitrogens with one attached hydrogen (secondary N) is 2. The number of anilines is 1. The number of rotatable bonds is 6. The molecule has 0 unspecified atom stereocenters. The molecule has 0 spiro atoms. The Morgan fingerprint density at radius 2 is 1.82 bits per heavy atom. The molecule has 0 saturated carbocycles. The first-order valence-electron chi connectivity index (χ1n) is 11.6. The molecule has 174 valence electrons. The maximum absolute atomic E-state index is 12.1. The van der Waals surface area contributed by atoms with Gasteiger partial charge in [0.25, 0.3) is 5.91 Å². The van der Waals surface area contributed by atoms with Crippen molar-refractivity contribution in [3.63, 3.8) is 0 Å². The number of amides is 1. The minimum Gasteiger partial charge on any atom is -0.494 e. The number of aromatic nitrogens is 1. The van der Waals surface area contributed by atoms with Gasteiger partial charge in [-0.3, -0.25) is 14.7 Å². The number of carbonyl (C=O) groups excluding carboxylic acids is 1. The van der Waals surface area contributed by atoms with Gasteiger partial charge in [-0.1, -0.05) is 6.92 Å². The Bertz CT molecular complexity index is 1160. The maximum Gasteiger partial charge on any atom is 0.251 e. The average Bonchev–Trinajstić information content (AvgIpc) is 3.17. The molecule has 1 saturated heterocycles. The van der Waals surface area contributed by atoms with Gasteiger partial charge in [0.1, 0.15) is 0 Å². The molecule has 4 rings (SSSR count). The second-order valence-electron chi connectivity index (χ2n) is 8.73. The normalized spacial score (nSPS) is 15.4. The summed E-state index contributed by atoms with van der Waals surface area (Å²) >= 11 is 0. The van der Waals surface area contributed by atoms with Crippen LogP contribution < -0.4 is 10.2 Å². The Morgan fingerprint density at radius 1 is 1.12 bits per heavy atom. The van der Waals surface area contributed by atoms with E-state index in [9.17, 15) is 9.90 Å². The lowest BCUT2D eigenvalue weighted by molar-refractivity contribution is 0.0963. The van der Waals surface area contributed by atoms with E-state index in [-0.39, 0.29) is 11.8 Å². The molecular weight excluding hydrogens is 414 g/mol. The first kappa shape index (κ1) is 22.9. The fourth-order valence-corrected chi connectivity index (χ4v) is 4.46. The number of aromatic hydroxyl groups is 1. The summed E-state index contributed by atoms with van der Waals surface area (Å²) in [5, 5.41) is 14.1. The summed E-state index contributed by atoms with van der Waals surface area (Å²) in [6.07, 6.45) is 0.642. The summed E-state index contributed by atoms with van der Waals surface area (Å²) in [4.78, 5) is 24.9. The van der Waals surface area contributed by atoms with Crippen LogP contribution >= 0.6 is 0 Å². The largest absolute Gasteiger partial charge is 0.494 e. The Balaban J connectivity index is 1.60. The average molecular weight is 448 g/mol. The van der Waals surface area contributed by atoms with Gasteiger partial charge in [0, 0.05) is 61.4 Å². The predicted molar refractivity (Wildman–Crippen MR) is 135 cm³/mol. The van der Waals surface area contributed by atoms with Crippen LogP contribution in [0.4, 0.5) is 11.4 Å². The number of fused-ring (bicyclic) bond motifs is 1. The molecule has 1 aromatic heterocycles. The molecule has 0 bridgehead atoms. The Kier molecular flexibility index (Phi) is 6.70. The number of aliphatic imine (C=N–C) groups is 1. The van der Waals surface area contributed by atoms with Crippen LogP contribution in [-0.4, -0.2) is 65.9 Å². The molecule has 1 amide bonds. The van der Waals surface area contributed by atoms with Crippen molar-refractivity contribution in [1.29, 1.82) is 0 Å². The van der Waals surface area contributed by atoms with E-state index in [1.54, 1.807) is 19.2 Å². The molecule has 3 aromatic rings. The SMILES string of the molecule is CCC(=Nc1ccc(N2CCN(C(C)C)CC2)cc1)c1c(O)[nH]c2ccc(C(=O)NC)cc12. The molecule has 1 aliphatic heterocycles. The minimum absolute atomic E-state index is 0.0688. The zero-order valence-electron chi connectivity index (χ0n) is 19.9. The maximum atomic E-state index is 12.1. The number of H-pyrrole nitrogens is 1. The van der Waals surface area contributed by atoms with Crippen molar-refractivity contribution in [3.05, 3.63) is 53.6 Å². The fraction of sp³-hybridized carbons (Fsp3) is 0.385. The first-order valence-corrected chi connectivity index (χ1v) is 11.6. The van der Waals surface area contributed by atoms with Crippen LogP contribution in [0.5, 0.6) is 5.88 Å². The summed E-state index contributed by atoms with van der Waals surface area (Å²) in [5.74, 6) is -0.0948. The molecule has 2 heterocycles. The number of hydrogen-bond donors (Lipinski definition) is 3. The molecule has 0 atom stereocenters. The van der Waals surface area contributed by atoms with Crippen molar-refractivity contribution in [2.24, 2.45) is 4.99 Å². The highest BCUT2D eigenvalue weighted by atomic mass is 16.3. The van der Waals surface area contributed by atoms with Gasteiger partial charge in [0.2, 0.25) is 0 Å². The van der Waals surface area contributed by atoms with Crippen LogP contribution in [0.2, 0.25) is 0 Å². The molecule has 33 heavy (non-hydrogen) atoms. The third kappa shape index (κ3) is 4.73. The summed E-state index contributed by atoms with van der Waals surface area (Å²) in [5.41, 5.74) is 4.78. The Morgan fingerprint density at radius 3 is 2.42 bits per heavy atom. The third-order valence-corrected chi connectivity index (χ3v) is 6.41. The van der Waals surface area contributed by atoms with E-state index in [2.05, 4.69) is 46.1 Å². The van der Waals surface area contributed by atoms with Crippen LogP contribution in [0.1, 0.15) is 43.1 Å². The van der Waals surface area contributed by atoms with Gasteiger partial charge >= 0.3 is 0 Å². The van der Waals surface area contributed by atoms with Gasteiger partial charge in [-0.15, -0.1) is 0 Å². The minimum atomic E-state index is -0.164. The van der Waals surface area contributed by atoms with E-state index in [4.69, 9.17) is 4.99 Å². The van der Waals surface area contributed by atoms with E-state index >= 15 is 0 Å². The van der Waals surface area contributed by atoms with E-state index in [1.807, 2.05) is 25.1 Å². The Labute approximate surface area is 195 Å². The van der Waals surface area contributed by atoms with Crippen molar-refractivity contribution in [2.45, 2.75) is 33.2 Å². The van der Waals surface area contributed by atoms with Gasteiger partial charge in [-0.2, -0.15) is 0 Å². The first-order chi connectivity index (χ1) is 15.9. The van der Waals surface area contributed by atoms with Gasteiger partial charge in [0.15, 0.2) is 5.88 Å². The molecule has 0 aliphatic carbocycles. The number of nitrogens with zero attached hydrogens (tertiary/aromatic N) is 3. The predicted octanol–water partition coefficient (Wildman–Crippen LogP) is 4.29. The van der Waals surface area contributed by atoms with Crippen LogP contribution in [0, 0.1) is 0 Å². The van der Waals surface area contributed by atoms with Crippen LogP contribution in [0.25, 0.3) is 10.9 Å². The zero-order chi connectivity index (χ0) is 23.5. The van der Waals surface area contributed by atoms with Crippen molar-refractivity contribution in [1.82, 2.24) is 15.2 Å². The van der Waals surface area contributed by atoms with Crippen molar-refractivity contribution >= 4 is 33.9 Å². The summed E-state index contributed by atoms with van der Waals surface area (Å²) in [7, 11) is 1.61. The molecule has 2 aromatic carbocycles. The van der Waals surface area contributed by atoms with E-state index < -0.39 is 0 Å². The lowest BCUT2D eigenvalue weighted by atomic mass is 10.0. The molecule has 7 heteroatoms. The van der Waals surface area contributed by atoms with Crippen molar-refractivity contribution < 1.29 is 9.90 Å². The lowest BCUT2D eigenvalue weighted by Crippen LogP contribution is -2.48. The smallest absolute Gasteiger partial charge is 0.251 e. The van der Waals surface area contributed by atoms with Gasteiger partial charge < -0.3 is 20.3 Å². The molecule has 0 radical (unpaired) electrons. The molecule has 7 nitrogen and oxygen atoms in total. The zero-order valence-corrected chi connectivity index (χ0v) is 19.9. The lowest BCUT2D eigenvalue weighted by Gasteiger charge is -2.38. The molecular formula is C26H33N5O2. The highest BCUT2D eigenvalue weighted by Crippen LogP contribution is 2.31. The number of aromatic amines is 1. The topological polar surface area (TPSA) is 84.0 Å².